The molecule has 4 nitrogen and oxygen atoms in total. The molecule has 3 fully saturated rings. The molecule has 0 aromatic rings. The van der Waals surface area contributed by atoms with E-state index < -0.39 is 0 Å². The van der Waals surface area contributed by atoms with Gasteiger partial charge in [-0.1, -0.05) is 0 Å². The highest BCUT2D eigenvalue weighted by Gasteiger charge is 2.39. The van der Waals surface area contributed by atoms with Gasteiger partial charge in [0.1, 0.15) is 0 Å². The molecule has 1 aliphatic carbocycles. The zero-order valence-electron chi connectivity index (χ0n) is 12.1. The maximum absolute atomic E-state index is 5.75. The van der Waals surface area contributed by atoms with Gasteiger partial charge in [-0.2, -0.15) is 0 Å². The van der Waals surface area contributed by atoms with Gasteiger partial charge >= 0.3 is 0 Å². The summed E-state index contributed by atoms with van der Waals surface area (Å²) in [5.41, 5.74) is 5.75. The summed E-state index contributed by atoms with van der Waals surface area (Å²) in [4.78, 5) is 5.32. The van der Waals surface area contributed by atoms with Gasteiger partial charge in [0.15, 0.2) is 0 Å². The van der Waals surface area contributed by atoms with Crippen molar-refractivity contribution in [1.82, 2.24) is 9.80 Å². The fraction of sp³-hybridized carbons (Fsp3) is 1.00. The van der Waals surface area contributed by atoms with Gasteiger partial charge in [-0.3, -0.25) is 9.80 Å². The minimum atomic E-state index is 0.875. The average Bonchev–Trinajstić information content (AvgIpc) is 2.79. The Morgan fingerprint density at radius 3 is 2.74 bits per heavy atom. The van der Waals surface area contributed by atoms with Crippen LogP contribution >= 0.6 is 0 Å². The van der Waals surface area contributed by atoms with Crippen molar-refractivity contribution in [2.45, 2.75) is 31.7 Å². The quantitative estimate of drug-likeness (QED) is 0.799. The van der Waals surface area contributed by atoms with Gasteiger partial charge in [0.2, 0.25) is 0 Å². The lowest BCUT2D eigenvalue weighted by Crippen LogP contribution is -2.42. The van der Waals surface area contributed by atoms with Gasteiger partial charge in [0, 0.05) is 38.8 Å². The Morgan fingerprint density at radius 1 is 1.11 bits per heavy atom. The first-order valence-electron chi connectivity index (χ1n) is 8.11. The van der Waals surface area contributed by atoms with E-state index in [9.17, 15) is 0 Å². The molecule has 0 radical (unpaired) electrons. The molecule has 0 amide bonds. The van der Waals surface area contributed by atoms with Crippen molar-refractivity contribution in [3.63, 3.8) is 0 Å². The van der Waals surface area contributed by atoms with Crippen LogP contribution in [0.5, 0.6) is 0 Å². The van der Waals surface area contributed by atoms with E-state index in [0.717, 1.165) is 50.7 Å². The smallest absolute Gasteiger partial charge is 0.0594 e. The third kappa shape index (κ3) is 3.30. The van der Waals surface area contributed by atoms with E-state index in [1.54, 1.807) is 0 Å². The van der Waals surface area contributed by atoms with Crippen LogP contribution in [0.15, 0.2) is 0 Å². The van der Waals surface area contributed by atoms with Gasteiger partial charge in [-0.15, -0.1) is 0 Å². The second-order valence-corrected chi connectivity index (χ2v) is 6.51. The van der Waals surface area contributed by atoms with Crippen molar-refractivity contribution >= 4 is 0 Å². The Kier molecular flexibility index (Phi) is 4.74. The monoisotopic (exact) mass is 267 g/mol. The molecule has 3 rings (SSSR count). The first-order valence-corrected chi connectivity index (χ1v) is 8.11. The summed E-state index contributed by atoms with van der Waals surface area (Å²) < 4.78 is 5.41. The molecule has 2 saturated heterocycles. The van der Waals surface area contributed by atoms with Crippen LogP contribution < -0.4 is 5.73 Å². The molecular weight excluding hydrogens is 238 g/mol. The molecule has 3 unspecified atom stereocenters. The zero-order chi connectivity index (χ0) is 13.1. The average molecular weight is 267 g/mol. The third-order valence-electron chi connectivity index (χ3n) is 5.44. The number of hydrogen-bond acceptors (Lipinski definition) is 4. The summed E-state index contributed by atoms with van der Waals surface area (Å²) in [6.45, 7) is 8.79. The molecule has 2 bridgehead atoms. The van der Waals surface area contributed by atoms with Gasteiger partial charge in [-0.25, -0.2) is 0 Å². The summed E-state index contributed by atoms with van der Waals surface area (Å²) >= 11 is 0. The molecule has 3 aliphatic rings. The van der Waals surface area contributed by atoms with Crippen LogP contribution in [0.4, 0.5) is 0 Å². The Morgan fingerprint density at radius 2 is 1.95 bits per heavy atom. The highest BCUT2D eigenvalue weighted by atomic mass is 16.5. The van der Waals surface area contributed by atoms with E-state index in [-0.39, 0.29) is 0 Å². The molecule has 2 aliphatic heterocycles. The Bertz CT molecular complexity index is 281. The van der Waals surface area contributed by atoms with Crippen LogP contribution in [0.1, 0.15) is 25.7 Å². The number of likely N-dealkylation sites (tertiary alicyclic amines) is 1. The summed E-state index contributed by atoms with van der Waals surface area (Å²) in [7, 11) is 0. The number of morpholine rings is 1. The Labute approximate surface area is 117 Å². The minimum Gasteiger partial charge on any atom is -0.379 e. The summed E-state index contributed by atoms with van der Waals surface area (Å²) in [5, 5.41) is 0. The zero-order valence-corrected chi connectivity index (χ0v) is 12.1. The van der Waals surface area contributed by atoms with E-state index >= 15 is 0 Å². The SMILES string of the molecule is NCCC1CCC2CC1CN2CCN1CCOCC1. The first kappa shape index (κ1) is 13.8. The highest BCUT2D eigenvalue weighted by molar-refractivity contribution is 4.93. The van der Waals surface area contributed by atoms with E-state index in [1.165, 1.54) is 45.3 Å². The van der Waals surface area contributed by atoms with Crippen molar-refractivity contribution in [1.29, 1.82) is 0 Å². The fourth-order valence-electron chi connectivity index (χ4n) is 4.27. The molecule has 0 aromatic carbocycles. The predicted octanol–water partition coefficient (Wildman–Crippen LogP) is 0.768. The molecule has 1 saturated carbocycles. The fourth-order valence-corrected chi connectivity index (χ4v) is 4.27. The Hall–Kier alpha value is -0.160. The van der Waals surface area contributed by atoms with Crippen LogP contribution in [0.25, 0.3) is 0 Å². The number of ether oxygens (including phenoxy) is 1. The molecule has 19 heavy (non-hydrogen) atoms. The van der Waals surface area contributed by atoms with Gasteiger partial charge in [-0.05, 0) is 44.1 Å². The van der Waals surface area contributed by atoms with E-state index in [4.69, 9.17) is 10.5 Å². The number of nitrogens with zero attached hydrogens (tertiary/aromatic N) is 2. The standard InChI is InChI=1S/C15H29N3O/c16-4-3-13-1-2-15-11-14(13)12-18(15)6-5-17-7-9-19-10-8-17/h13-15H,1-12,16H2. The second kappa shape index (κ2) is 6.53. The summed E-state index contributed by atoms with van der Waals surface area (Å²) in [6.07, 6.45) is 5.51. The second-order valence-electron chi connectivity index (χ2n) is 6.51. The van der Waals surface area contributed by atoms with Crippen molar-refractivity contribution in [3.8, 4) is 0 Å². The highest BCUT2D eigenvalue weighted by Crippen LogP contribution is 2.40. The molecule has 0 spiro atoms. The lowest BCUT2D eigenvalue weighted by atomic mass is 9.78. The molecule has 0 aromatic heterocycles. The number of fused-ring (bicyclic) bond motifs is 2. The molecule has 3 atom stereocenters. The van der Waals surface area contributed by atoms with E-state index in [2.05, 4.69) is 9.80 Å². The molecule has 4 heteroatoms. The van der Waals surface area contributed by atoms with Crippen molar-refractivity contribution < 1.29 is 4.74 Å². The Balaban J connectivity index is 1.45. The molecule has 2 heterocycles. The molecular formula is C15H29N3O. The topological polar surface area (TPSA) is 41.7 Å². The van der Waals surface area contributed by atoms with E-state index in [0.29, 0.717) is 0 Å². The summed E-state index contributed by atoms with van der Waals surface area (Å²) in [5.74, 6) is 1.85. The van der Waals surface area contributed by atoms with Crippen molar-refractivity contribution in [3.05, 3.63) is 0 Å². The number of hydrogen-bond donors (Lipinski definition) is 1. The summed E-state index contributed by atoms with van der Waals surface area (Å²) in [6, 6.07) is 0.875. The van der Waals surface area contributed by atoms with Crippen LogP contribution in [0.3, 0.4) is 0 Å². The van der Waals surface area contributed by atoms with Crippen LogP contribution in [-0.2, 0) is 4.74 Å². The third-order valence-corrected chi connectivity index (χ3v) is 5.44. The van der Waals surface area contributed by atoms with Crippen molar-refractivity contribution in [2.75, 3.05) is 52.5 Å². The van der Waals surface area contributed by atoms with Crippen LogP contribution in [0, 0.1) is 11.8 Å². The van der Waals surface area contributed by atoms with Gasteiger partial charge < -0.3 is 10.5 Å². The van der Waals surface area contributed by atoms with Crippen LogP contribution in [0.2, 0.25) is 0 Å². The largest absolute Gasteiger partial charge is 0.379 e. The molecule has 2 N–H and O–H groups in total. The molecule has 110 valence electrons. The maximum Gasteiger partial charge on any atom is 0.0594 e. The van der Waals surface area contributed by atoms with Crippen LogP contribution in [-0.4, -0.2) is 68.3 Å². The first-order chi connectivity index (χ1) is 9.36. The lowest BCUT2D eigenvalue weighted by molar-refractivity contribution is 0.0326. The normalized spacial score (nSPS) is 36.8. The lowest BCUT2D eigenvalue weighted by Gasteiger charge is -2.31. The van der Waals surface area contributed by atoms with Gasteiger partial charge in [0.05, 0.1) is 13.2 Å². The predicted molar refractivity (Wildman–Crippen MR) is 77.1 cm³/mol. The van der Waals surface area contributed by atoms with Gasteiger partial charge in [0.25, 0.3) is 0 Å². The number of nitrogens with two attached hydrogens (primary N) is 1. The number of rotatable bonds is 5. The minimum absolute atomic E-state index is 0.875. The maximum atomic E-state index is 5.75. The van der Waals surface area contributed by atoms with E-state index in [1.807, 2.05) is 0 Å². The van der Waals surface area contributed by atoms with Crippen molar-refractivity contribution in [2.24, 2.45) is 17.6 Å².